The molecule has 2 aliphatic rings. The molecule has 0 spiro atoms. The van der Waals surface area contributed by atoms with Gasteiger partial charge in [0.2, 0.25) is 5.91 Å². The van der Waals surface area contributed by atoms with E-state index in [1.807, 2.05) is 25.1 Å². The molecule has 2 aliphatic heterocycles. The van der Waals surface area contributed by atoms with Crippen molar-refractivity contribution in [2.75, 3.05) is 23.7 Å². The summed E-state index contributed by atoms with van der Waals surface area (Å²) in [4.78, 5) is 43.5. The average Bonchev–Trinajstić information content (AvgIpc) is 3.37. The summed E-state index contributed by atoms with van der Waals surface area (Å²) in [5.41, 5.74) is 2.08. The van der Waals surface area contributed by atoms with E-state index in [-0.39, 0.29) is 11.3 Å². The molecule has 0 saturated carbocycles. The molecule has 0 bridgehead atoms. The Morgan fingerprint density at radius 2 is 2.15 bits per heavy atom. The van der Waals surface area contributed by atoms with E-state index < -0.39 is 54.6 Å². The highest BCUT2D eigenvalue weighted by atomic mass is 32.2. The van der Waals surface area contributed by atoms with E-state index in [0.717, 1.165) is 21.0 Å². The number of carbonyl (C=O) groups is 3. The Balaban J connectivity index is 1.38. The molecule has 3 amide bonds. The first-order chi connectivity index (χ1) is 16.2. The summed E-state index contributed by atoms with van der Waals surface area (Å²) in [6.07, 6.45) is 1.92. The number of rotatable bonds is 5. The standard InChI is InChI=1S/C22H20F2N6O3S/c1-12-2-3-15-17(6-12)34-21(29-15)20(33)28-16-9-26-5-4-14(16)19(32)27-10-18(31)30-11-22(23,24)7-13(30)8-25/h2-6,9,13,21,29H,7,10-11H2,1H3,(H,27,32)(H,28,33)/t13-,21?/m0/s1. The Morgan fingerprint density at radius 1 is 1.35 bits per heavy atom. The third-order valence-corrected chi connectivity index (χ3v) is 6.53. The van der Waals surface area contributed by atoms with Crippen LogP contribution in [0, 0.1) is 18.3 Å². The fraction of sp³-hybridized carbons (Fsp3) is 0.318. The molecule has 1 unspecified atom stereocenters. The Kier molecular flexibility index (Phi) is 6.39. The molecule has 3 heterocycles. The normalized spacial score (nSPS) is 20.1. The summed E-state index contributed by atoms with van der Waals surface area (Å²) < 4.78 is 27.2. The number of alkyl halides is 2. The van der Waals surface area contributed by atoms with Crippen molar-refractivity contribution in [1.82, 2.24) is 15.2 Å². The minimum absolute atomic E-state index is 0.0519. The molecule has 1 aromatic heterocycles. The second-order valence-electron chi connectivity index (χ2n) is 7.96. The van der Waals surface area contributed by atoms with Gasteiger partial charge in [-0.05, 0) is 30.7 Å². The highest BCUT2D eigenvalue weighted by Crippen LogP contribution is 2.39. The summed E-state index contributed by atoms with van der Waals surface area (Å²) in [6, 6.07) is 7.58. The van der Waals surface area contributed by atoms with Crippen LogP contribution in [0.25, 0.3) is 0 Å². The number of likely N-dealkylation sites (tertiary alicyclic amines) is 1. The molecule has 1 fully saturated rings. The van der Waals surface area contributed by atoms with Gasteiger partial charge in [0.1, 0.15) is 6.04 Å². The monoisotopic (exact) mass is 486 g/mol. The van der Waals surface area contributed by atoms with Crippen LogP contribution in [0.2, 0.25) is 0 Å². The first-order valence-corrected chi connectivity index (χ1v) is 11.2. The van der Waals surface area contributed by atoms with Gasteiger partial charge in [0, 0.05) is 23.2 Å². The van der Waals surface area contributed by atoms with Crippen molar-refractivity contribution in [3.8, 4) is 6.07 Å². The lowest BCUT2D eigenvalue weighted by molar-refractivity contribution is -0.131. The second-order valence-corrected chi connectivity index (χ2v) is 9.11. The number of hydrogen-bond donors (Lipinski definition) is 3. The van der Waals surface area contributed by atoms with Crippen LogP contribution in [-0.2, 0) is 9.59 Å². The first-order valence-electron chi connectivity index (χ1n) is 10.3. The number of pyridine rings is 1. The van der Waals surface area contributed by atoms with Crippen LogP contribution < -0.4 is 16.0 Å². The molecule has 2 atom stereocenters. The van der Waals surface area contributed by atoms with Crippen molar-refractivity contribution >= 4 is 40.9 Å². The molecule has 2 aromatic rings. The number of nitriles is 1. The van der Waals surface area contributed by atoms with E-state index in [1.54, 1.807) is 6.07 Å². The van der Waals surface area contributed by atoms with Crippen molar-refractivity contribution in [3.05, 3.63) is 47.8 Å². The Morgan fingerprint density at radius 3 is 2.91 bits per heavy atom. The van der Waals surface area contributed by atoms with Crippen LogP contribution in [0.15, 0.2) is 41.6 Å². The lowest BCUT2D eigenvalue weighted by atomic mass is 10.2. The van der Waals surface area contributed by atoms with Crippen molar-refractivity contribution in [1.29, 1.82) is 5.26 Å². The van der Waals surface area contributed by atoms with Crippen molar-refractivity contribution < 1.29 is 23.2 Å². The number of carbonyl (C=O) groups excluding carboxylic acids is 3. The Hall–Kier alpha value is -3.72. The molecule has 176 valence electrons. The quantitative estimate of drug-likeness (QED) is 0.592. The third-order valence-electron chi connectivity index (χ3n) is 5.37. The van der Waals surface area contributed by atoms with E-state index in [9.17, 15) is 23.2 Å². The predicted molar refractivity (Wildman–Crippen MR) is 120 cm³/mol. The van der Waals surface area contributed by atoms with Crippen LogP contribution in [-0.4, -0.2) is 58.0 Å². The molecule has 34 heavy (non-hydrogen) atoms. The smallest absolute Gasteiger partial charge is 0.268 e. The van der Waals surface area contributed by atoms with E-state index in [1.165, 1.54) is 30.2 Å². The van der Waals surface area contributed by atoms with Gasteiger partial charge in [-0.3, -0.25) is 19.4 Å². The maximum atomic E-state index is 13.6. The minimum Gasteiger partial charge on any atom is -0.364 e. The number of fused-ring (bicyclic) bond motifs is 1. The zero-order valence-corrected chi connectivity index (χ0v) is 18.8. The Labute approximate surface area is 197 Å². The molecule has 0 aliphatic carbocycles. The number of thioether (sulfide) groups is 1. The van der Waals surface area contributed by atoms with E-state index >= 15 is 0 Å². The van der Waals surface area contributed by atoms with Gasteiger partial charge in [-0.1, -0.05) is 17.8 Å². The third kappa shape index (κ3) is 4.94. The number of aryl methyl sites for hydroxylation is 1. The summed E-state index contributed by atoms with van der Waals surface area (Å²) in [6.45, 7) is 0.511. The molecule has 4 rings (SSSR count). The molecule has 1 aromatic carbocycles. The van der Waals surface area contributed by atoms with E-state index in [2.05, 4.69) is 20.9 Å². The van der Waals surface area contributed by atoms with Gasteiger partial charge in [-0.15, -0.1) is 0 Å². The zero-order valence-electron chi connectivity index (χ0n) is 18.0. The number of nitrogens with zero attached hydrogens (tertiary/aromatic N) is 3. The van der Waals surface area contributed by atoms with Gasteiger partial charge in [0.25, 0.3) is 17.7 Å². The van der Waals surface area contributed by atoms with Gasteiger partial charge >= 0.3 is 0 Å². The molecular formula is C22H20F2N6O3S. The number of hydrogen-bond acceptors (Lipinski definition) is 7. The van der Waals surface area contributed by atoms with Gasteiger partial charge < -0.3 is 20.9 Å². The largest absolute Gasteiger partial charge is 0.364 e. The molecule has 9 nitrogen and oxygen atoms in total. The van der Waals surface area contributed by atoms with E-state index in [0.29, 0.717) is 0 Å². The van der Waals surface area contributed by atoms with Gasteiger partial charge in [-0.2, -0.15) is 5.26 Å². The minimum atomic E-state index is -3.15. The summed E-state index contributed by atoms with van der Waals surface area (Å²) in [5.74, 6) is -5.03. The predicted octanol–water partition coefficient (Wildman–Crippen LogP) is 2.36. The van der Waals surface area contributed by atoms with Crippen LogP contribution in [0.4, 0.5) is 20.2 Å². The van der Waals surface area contributed by atoms with E-state index in [4.69, 9.17) is 5.26 Å². The van der Waals surface area contributed by atoms with Crippen LogP contribution in [0.5, 0.6) is 0 Å². The lowest BCUT2D eigenvalue weighted by Gasteiger charge is -2.19. The molecule has 3 N–H and O–H groups in total. The molecular weight excluding hydrogens is 466 g/mol. The maximum Gasteiger partial charge on any atom is 0.268 e. The van der Waals surface area contributed by atoms with Gasteiger partial charge in [0.15, 0.2) is 5.37 Å². The second kappa shape index (κ2) is 9.26. The fourth-order valence-corrected chi connectivity index (χ4v) is 4.81. The number of halogens is 2. The highest BCUT2D eigenvalue weighted by molar-refractivity contribution is 8.01. The molecule has 12 heteroatoms. The van der Waals surface area contributed by atoms with Crippen molar-refractivity contribution in [2.24, 2.45) is 0 Å². The van der Waals surface area contributed by atoms with Crippen molar-refractivity contribution in [2.45, 2.75) is 35.6 Å². The number of aromatic nitrogens is 1. The lowest BCUT2D eigenvalue weighted by Crippen LogP contribution is -2.43. The number of amides is 3. The summed E-state index contributed by atoms with van der Waals surface area (Å²) in [5, 5.41) is 16.6. The fourth-order valence-electron chi connectivity index (χ4n) is 3.70. The van der Waals surface area contributed by atoms with Crippen LogP contribution in [0.3, 0.4) is 0 Å². The zero-order chi connectivity index (χ0) is 24.5. The molecule has 1 saturated heterocycles. The topological polar surface area (TPSA) is 127 Å². The van der Waals surface area contributed by atoms with Crippen LogP contribution in [0.1, 0.15) is 22.3 Å². The first kappa shape index (κ1) is 23.4. The average molecular weight is 487 g/mol. The maximum absolute atomic E-state index is 13.6. The molecule has 0 radical (unpaired) electrons. The number of nitrogens with one attached hydrogen (secondary N) is 3. The van der Waals surface area contributed by atoms with Crippen LogP contribution >= 0.6 is 11.8 Å². The summed E-state index contributed by atoms with van der Waals surface area (Å²) >= 11 is 1.34. The Bertz CT molecular complexity index is 1200. The number of anilines is 2. The van der Waals surface area contributed by atoms with Gasteiger partial charge in [0.05, 0.1) is 36.6 Å². The SMILES string of the molecule is Cc1ccc2c(c1)SC(C(=O)Nc1cnccc1C(=O)NCC(=O)N1CC(F)(F)C[C@H]1C#N)N2. The number of benzene rings is 1. The van der Waals surface area contributed by atoms with Crippen molar-refractivity contribution in [3.63, 3.8) is 0 Å². The highest BCUT2D eigenvalue weighted by Gasteiger charge is 2.47. The summed E-state index contributed by atoms with van der Waals surface area (Å²) in [7, 11) is 0. The van der Waals surface area contributed by atoms with Gasteiger partial charge in [-0.25, -0.2) is 8.78 Å².